The van der Waals surface area contributed by atoms with Crippen LogP contribution in [0.5, 0.6) is 0 Å². The summed E-state index contributed by atoms with van der Waals surface area (Å²) in [5.74, 6) is 2.20. The summed E-state index contributed by atoms with van der Waals surface area (Å²) in [7, 11) is 0. The van der Waals surface area contributed by atoms with Crippen molar-refractivity contribution < 1.29 is 0 Å². The zero-order chi connectivity index (χ0) is 13.7. The Hall–Kier alpha value is 0.01000. The molecular weight excluding hydrogens is 318 g/mol. The highest BCUT2D eigenvalue weighted by Crippen LogP contribution is 2.34. The molecule has 106 valence electrons. The van der Waals surface area contributed by atoms with Gasteiger partial charge < -0.3 is 5.73 Å². The first-order chi connectivity index (χ1) is 9.19. The van der Waals surface area contributed by atoms with E-state index in [9.17, 15) is 0 Å². The Morgan fingerprint density at radius 3 is 2.79 bits per heavy atom. The number of rotatable bonds is 6. The molecule has 0 radical (unpaired) electrons. The van der Waals surface area contributed by atoms with Crippen molar-refractivity contribution in [1.82, 2.24) is 0 Å². The van der Waals surface area contributed by atoms with E-state index < -0.39 is 0 Å². The molecule has 1 aromatic carbocycles. The minimum atomic E-state index is 0.284. The molecule has 0 aliphatic heterocycles. The van der Waals surface area contributed by atoms with Crippen LogP contribution in [0.2, 0.25) is 0 Å². The van der Waals surface area contributed by atoms with Gasteiger partial charge in [-0.05, 0) is 49.3 Å². The monoisotopic (exact) mass is 341 g/mol. The summed E-state index contributed by atoms with van der Waals surface area (Å²) in [6, 6.07) is 6.91. The third-order valence-electron chi connectivity index (χ3n) is 3.98. The van der Waals surface area contributed by atoms with E-state index in [0.717, 1.165) is 18.8 Å². The Morgan fingerprint density at radius 1 is 1.37 bits per heavy atom. The minimum absolute atomic E-state index is 0.284. The lowest BCUT2D eigenvalue weighted by atomic mass is 10.1. The zero-order valence-corrected chi connectivity index (χ0v) is 14.1. The number of hydrogen-bond donors (Lipinski definition) is 1. The molecule has 1 aliphatic rings. The van der Waals surface area contributed by atoms with Gasteiger partial charge in [0.1, 0.15) is 0 Å². The second-order valence-electron chi connectivity index (χ2n) is 5.59. The first-order valence-corrected chi connectivity index (χ1v) is 9.13. The lowest BCUT2D eigenvalue weighted by Gasteiger charge is -2.15. The Kier molecular flexibility index (Phi) is 6.24. The third kappa shape index (κ3) is 4.80. The van der Waals surface area contributed by atoms with Crippen molar-refractivity contribution in [1.29, 1.82) is 0 Å². The molecule has 19 heavy (non-hydrogen) atoms. The van der Waals surface area contributed by atoms with Crippen LogP contribution in [0.25, 0.3) is 0 Å². The van der Waals surface area contributed by atoms with Crippen molar-refractivity contribution in [2.45, 2.75) is 56.4 Å². The lowest BCUT2D eigenvalue weighted by molar-refractivity contribution is 0.622. The predicted molar refractivity (Wildman–Crippen MR) is 88.8 cm³/mol. The largest absolute Gasteiger partial charge is 0.327 e. The van der Waals surface area contributed by atoms with Crippen LogP contribution in [0.1, 0.15) is 44.6 Å². The first-order valence-electron chi connectivity index (χ1n) is 7.36. The summed E-state index contributed by atoms with van der Waals surface area (Å²) in [5.41, 5.74) is 7.53. The molecule has 3 heteroatoms. The van der Waals surface area contributed by atoms with Gasteiger partial charge in [0.25, 0.3) is 0 Å². The molecule has 1 atom stereocenters. The van der Waals surface area contributed by atoms with Gasteiger partial charge in [0.05, 0.1) is 0 Å². The van der Waals surface area contributed by atoms with Gasteiger partial charge in [0, 0.05) is 21.2 Å². The molecule has 0 spiro atoms. The summed E-state index contributed by atoms with van der Waals surface area (Å²) in [6.07, 6.45) is 7.74. The standard InChI is InChI=1S/C16H24BrNS/c1-2-15(18)9-13-7-8-14(17)10-16(13)19-11-12-5-3-4-6-12/h7-8,10,12,15H,2-6,9,11,18H2,1H3. The quantitative estimate of drug-likeness (QED) is 0.735. The number of thioether (sulfide) groups is 1. The maximum atomic E-state index is 6.11. The number of halogens is 1. The van der Waals surface area contributed by atoms with Gasteiger partial charge in [0.2, 0.25) is 0 Å². The zero-order valence-electron chi connectivity index (χ0n) is 11.7. The van der Waals surface area contributed by atoms with Crippen molar-refractivity contribution in [3.8, 4) is 0 Å². The molecule has 1 aromatic rings. The average molecular weight is 342 g/mol. The fraction of sp³-hybridized carbons (Fsp3) is 0.625. The minimum Gasteiger partial charge on any atom is -0.327 e. The SMILES string of the molecule is CCC(N)Cc1ccc(Br)cc1SCC1CCCC1. The predicted octanol–water partition coefficient (Wildman–Crippen LogP) is 5.01. The first kappa shape index (κ1) is 15.4. The van der Waals surface area contributed by atoms with Crippen molar-refractivity contribution in [3.05, 3.63) is 28.2 Å². The second kappa shape index (κ2) is 7.70. The molecule has 0 amide bonds. The van der Waals surface area contributed by atoms with Crippen LogP contribution in [0, 0.1) is 5.92 Å². The van der Waals surface area contributed by atoms with E-state index in [4.69, 9.17) is 5.73 Å². The molecule has 2 rings (SSSR count). The Bertz CT molecular complexity index is 402. The molecule has 2 N–H and O–H groups in total. The highest BCUT2D eigenvalue weighted by atomic mass is 79.9. The summed E-state index contributed by atoms with van der Waals surface area (Å²) in [5, 5.41) is 0. The van der Waals surface area contributed by atoms with E-state index in [1.807, 2.05) is 11.8 Å². The molecule has 0 saturated heterocycles. The molecule has 1 nitrogen and oxygen atoms in total. The van der Waals surface area contributed by atoms with E-state index >= 15 is 0 Å². The fourth-order valence-corrected chi connectivity index (χ4v) is 4.45. The maximum Gasteiger partial charge on any atom is 0.0186 e. The Balaban J connectivity index is 2.01. The Labute approximate surface area is 129 Å². The van der Waals surface area contributed by atoms with E-state index in [1.165, 1.54) is 46.4 Å². The van der Waals surface area contributed by atoms with E-state index in [0.29, 0.717) is 0 Å². The number of hydrogen-bond acceptors (Lipinski definition) is 2. The average Bonchev–Trinajstić information content (AvgIpc) is 2.92. The van der Waals surface area contributed by atoms with Crippen LogP contribution in [0.3, 0.4) is 0 Å². The Morgan fingerprint density at radius 2 is 2.11 bits per heavy atom. The van der Waals surface area contributed by atoms with Crippen LogP contribution in [0.4, 0.5) is 0 Å². The van der Waals surface area contributed by atoms with Gasteiger partial charge in [0.15, 0.2) is 0 Å². The second-order valence-corrected chi connectivity index (χ2v) is 7.56. The molecule has 0 heterocycles. The molecular formula is C16H24BrNS. The van der Waals surface area contributed by atoms with Crippen molar-refractivity contribution in [2.24, 2.45) is 11.7 Å². The molecule has 0 aromatic heterocycles. The maximum absolute atomic E-state index is 6.11. The van der Waals surface area contributed by atoms with Gasteiger partial charge >= 0.3 is 0 Å². The summed E-state index contributed by atoms with van der Waals surface area (Å²) < 4.78 is 1.18. The van der Waals surface area contributed by atoms with Crippen LogP contribution >= 0.6 is 27.7 Å². The van der Waals surface area contributed by atoms with Crippen LogP contribution in [0.15, 0.2) is 27.6 Å². The van der Waals surface area contributed by atoms with Gasteiger partial charge in [-0.15, -0.1) is 11.8 Å². The van der Waals surface area contributed by atoms with Crippen molar-refractivity contribution >= 4 is 27.7 Å². The topological polar surface area (TPSA) is 26.0 Å². The van der Waals surface area contributed by atoms with Crippen LogP contribution in [-0.4, -0.2) is 11.8 Å². The number of nitrogens with two attached hydrogens (primary N) is 1. The summed E-state index contributed by atoms with van der Waals surface area (Å²) in [4.78, 5) is 1.42. The smallest absolute Gasteiger partial charge is 0.0186 e. The molecule has 1 unspecified atom stereocenters. The van der Waals surface area contributed by atoms with E-state index in [2.05, 4.69) is 41.1 Å². The summed E-state index contributed by atoms with van der Waals surface area (Å²) in [6.45, 7) is 2.16. The highest BCUT2D eigenvalue weighted by molar-refractivity contribution is 9.10. The van der Waals surface area contributed by atoms with E-state index in [-0.39, 0.29) is 6.04 Å². The van der Waals surface area contributed by atoms with Gasteiger partial charge in [-0.2, -0.15) is 0 Å². The fourth-order valence-electron chi connectivity index (χ4n) is 2.64. The molecule has 1 fully saturated rings. The third-order valence-corrected chi connectivity index (χ3v) is 5.81. The van der Waals surface area contributed by atoms with Gasteiger partial charge in [-0.25, -0.2) is 0 Å². The summed E-state index contributed by atoms with van der Waals surface area (Å²) >= 11 is 5.61. The van der Waals surface area contributed by atoms with Crippen molar-refractivity contribution in [2.75, 3.05) is 5.75 Å². The normalized spacial score (nSPS) is 17.8. The van der Waals surface area contributed by atoms with Crippen LogP contribution in [-0.2, 0) is 6.42 Å². The van der Waals surface area contributed by atoms with Gasteiger partial charge in [-0.1, -0.05) is 41.8 Å². The van der Waals surface area contributed by atoms with Gasteiger partial charge in [-0.3, -0.25) is 0 Å². The number of benzene rings is 1. The van der Waals surface area contributed by atoms with E-state index in [1.54, 1.807) is 0 Å². The molecule has 0 bridgehead atoms. The van der Waals surface area contributed by atoms with Crippen molar-refractivity contribution in [3.63, 3.8) is 0 Å². The van der Waals surface area contributed by atoms with Crippen LogP contribution < -0.4 is 5.73 Å². The molecule has 1 aliphatic carbocycles. The lowest BCUT2D eigenvalue weighted by Crippen LogP contribution is -2.21. The highest BCUT2D eigenvalue weighted by Gasteiger charge is 2.16. The molecule has 1 saturated carbocycles.